The summed E-state index contributed by atoms with van der Waals surface area (Å²) < 4.78 is 48.2. The van der Waals surface area contributed by atoms with Crippen LogP contribution in [-0.4, -0.2) is 107 Å². The second-order valence-corrected chi connectivity index (χ2v) is 15.3. The van der Waals surface area contributed by atoms with Gasteiger partial charge in [0.05, 0.1) is 11.7 Å². The second-order valence-electron chi connectivity index (χ2n) is 15.3. The number of aromatic nitrogens is 4. The Bertz CT molecular complexity index is 2020. The molecular weight excluding hydrogens is 657 g/mol. The molecule has 9 rings (SSSR count). The molecule has 6 heterocycles. The van der Waals surface area contributed by atoms with Crippen molar-refractivity contribution in [3.05, 3.63) is 48.2 Å². The van der Waals surface area contributed by atoms with Crippen molar-refractivity contribution in [2.75, 3.05) is 68.8 Å². The Morgan fingerprint density at radius 2 is 1.82 bits per heavy atom. The molecule has 1 spiro atoms. The highest BCUT2D eigenvalue weighted by molar-refractivity contribution is 6.06. The molecule has 1 saturated carbocycles. The van der Waals surface area contributed by atoms with Gasteiger partial charge in [0.25, 0.3) is 0 Å². The van der Waals surface area contributed by atoms with Crippen molar-refractivity contribution in [1.82, 2.24) is 30.0 Å². The number of rotatable bonds is 8. The van der Waals surface area contributed by atoms with E-state index in [0.29, 0.717) is 23.1 Å². The number of carbonyl (C=O) groups is 1. The lowest BCUT2D eigenvalue weighted by Gasteiger charge is -2.54. The standard InChI is InChI=1S/C38H43F3N8O2/c1-3-30(50)49-20-37(21-49)10-15-47(16-11-37)35-27-17-26(24-6-7-24)32(31-23(2)5-8-29-28(31)18-42-45-29)34(51-22-38(39,40)41)33(27)43-36(44-35)48-14-9-25(19-48)46-12-4-13-46/h3,5,8,17-18,24-25H,1,4,6-7,9-16,19-22H2,2H3,(H,42,45)/t25-/m1/s1. The third kappa shape index (κ3) is 5.77. The van der Waals surface area contributed by atoms with Gasteiger partial charge in [0.15, 0.2) is 12.4 Å². The minimum Gasteiger partial charge on any atom is -0.481 e. The molecule has 51 heavy (non-hydrogen) atoms. The molecule has 1 atom stereocenters. The second kappa shape index (κ2) is 12.1. The minimum atomic E-state index is -4.54. The third-order valence-corrected chi connectivity index (χ3v) is 11.9. The summed E-state index contributed by atoms with van der Waals surface area (Å²) in [7, 11) is 0. The van der Waals surface area contributed by atoms with Crippen LogP contribution in [0.25, 0.3) is 32.9 Å². The van der Waals surface area contributed by atoms with Crippen LogP contribution < -0.4 is 14.5 Å². The maximum Gasteiger partial charge on any atom is 0.422 e. The number of hydrogen-bond acceptors (Lipinski definition) is 8. The van der Waals surface area contributed by atoms with E-state index in [1.807, 2.05) is 24.0 Å². The van der Waals surface area contributed by atoms with E-state index in [2.05, 4.69) is 37.5 Å². The molecule has 13 heteroatoms. The zero-order chi connectivity index (χ0) is 35.1. The summed E-state index contributed by atoms with van der Waals surface area (Å²) in [5, 5.41) is 8.91. The molecule has 1 amide bonds. The zero-order valence-corrected chi connectivity index (χ0v) is 28.9. The topological polar surface area (TPSA) is 93.7 Å². The number of alkyl halides is 3. The van der Waals surface area contributed by atoms with Crippen molar-refractivity contribution < 1.29 is 22.7 Å². The molecule has 4 saturated heterocycles. The first-order valence-electron chi connectivity index (χ1n) is 18.3. The Hall–Kier alpha value is -4.39. The van der Waals surface area contributed by atoms with Crippen LogP contribution in [0.5, 0.6) is 5.75 Å². The number of aromatic amines is 1. The fourth-order valence-corrected chi connectivity index (χ4v) is 8.82. The Morgan fingerprint density at radius 3 is 2.51 bits per heavy atom. The molecule has 5 aliphatic rings. The molecule has 0 bridgehead atoms. The fraction of sp³-hybridized carbons (Fsp3) is 0.526. The van der Waals surface area contributed by atoms with Crippen LogP contribution in [0.4, 0.5) is 24.9 Å². The van der Waals surface area contributed by atoms with Crippen molar-refractivity contribution in [2.45, 2.75) is 63.6 Å². The number of aryl methyl sites for hydroxylation is 1. The Labute approximate surface area is 294 Å². The molecule has 0 unspecified atom stereocenters. The van der Waals surface area contributed by atoms with E-state index in [9.17, 15) is 18.0 Å². The van der Waals surface area contributed by atoms with E-state index >= 15 is 0 Å². The normalized spacial score (nSPS) is 22.1. The first-order chi connectivity index (χ1) is 24.6. The lowest BCUT2D eigenvalue weighted by molar-refractivity contribution is -0.153. The molecule has 0 radical (unpaired) electrons. The van der Waals surface area contributed by atoms with Crippen molar-refractivity contribution in [2.24, 2.45) is 5.41 Å². The number of nitrogens with one attached hydrogen (secondary N) is 1. The number of benzene rings is 2. The Morgan fingerprint density at radius 1 is 1.04 bits per heavy atom. The zero-order valence-electron chi connectivity index (χ0n) is 28.9. The number of piperidine rings is 1. The van der Waals surface area contributed by atoms with Gasteiger partial charge in [-0.25, -0.2) is 4.98 Å². The predicted molar refractivity (Wildman–Crippen MR) is 190 cm³/mol. The van der Waals surface area contributed by atoms with Crippen LogP contribution in [0, 0.1) is 12.3 Å². The van der Waals surface area contributed by atoms with Crippen LogP contribution in [0.15, 0.2) is 37.1 Å². The molecule has 4 aromatic rings. The van der Waals surface area contributed by atoms with Crippen LogP contribution in [-0.2, 0) is 4.79 Å². The fourth-order valence-electron chi connectivity index (χ4n) is 8.82. The van der Waals surface area contributed by atoms with E-state index in [-0.39, 0.29) is 23.0 Å². The summed E-state index contributed by atoms with van der Waals surface area (Å²) in [5.41, 5.74) is 4.69. The summed E-state index contributed by atoms with van der Waals surface area (Å²) in [6.07, 6.45) is 4.46. The van der Waals surface area contributed by atoms with Crippen LogP contribution in [0.2, 0.25) is 0 Å². The maximum absolute atomic E-state index is 14.1. The number of halogens is 3. The number of anilines is 2. The lowest BCUT2D eigenvalue weighted by Crippen LogP contribution is -2.61. The molecule has 2 aromatic carbocycles. The summed E-state index contributed by atoms with van der Waals surface area (Å²) in [5.74, 6) is 1.60. The van der Waals surface area contributed by atoms with Gasteiger partial charge in [-0.3, -0.25) is 14.8 Å². The van der Waals surface area contributed by atoms with Crippen molar-refractivity contribution in [3.8, 4) is 16.9 Å². The van der Waals surface area contributed by atoms with Gasteiger partial charge in [0.2, 0.25) is 11.9 Å². The van der Waals surface area contributed by atoms with Gasteiger partial charge in [0, 0.05) is 67.1 Å². The lowest BCUT2D eigenvalue weighted by atomic mass is 9.72. The highest BCUT2D eigenvalue weighted by Crippen LogP contribution is 2.53. The molecule has 2 aromatic heterocycles. The Balaban J connectivity index is 1.21. The summed E-state index contributed by atoms with van der Waals surface area (Å²) in [4.78, 5) is 31.5. The number of likely N-dealkylation sites (tertiary alicyclic amines) is 2. The summed E-state index contributed by atoms with van der Waals surface area (Å²) in [6, 6.07) is 6.49. The number of fused-ring (bicyclic) bond motifs is 2. The van der Waals surface area contributed by atoms with E-state index in [4.69, 9.17) is 14.7 Å². The summed E-state index contributed by atoms with van der Waals surface area (Å²) >= 11 is 0. The number of hydrogen-bond donors (Lipinski definition) is 1. The van der Waals surface area contributed by atoms with Gasteiger partial charge >= 0.3 is 6.18 Å². The van der Waals surface area contributed by atoms with E-state index in [1.54, 1.807) is 6.20 Å². The van der Waals surface area contributed by atoms with Crippen molar-refractivity contribution >= 4 is 39.5 Å². The number of amides is 1. The van der Waals surface area contributed by atoms with Gasteiger partial charge in [-0.15, -0.1) is 0 Å². The number of H-pyrrole nitrogens is 1. The highest BCUT2D eigenvalue weighted by Gasteiger charge is 2.47. The Kier molecular flexibility index (Phi) is 7.71. The monoisotopic (exact) mass is 700 g/mol. The predicted octanol–water partition coefficient (Wildman–Crippen LogP) is 6.20. The van der Waals surface area contributed by atoms with E-state index < -0.39 is 12.8 Å². The van der Waals surface area contributed by atoms with Crippen LogP contribution in [0.1, 0.15) is 55.6 Å². The van der Waals surface area contributed by atoms with E-state index in [1.165, 1.54) is 12.5 Å². The third-order valence-electron chi connectivity index (χ3n) is 11.9. The largest absolute Gasteiger partial charge is 0.481 e. The first-order valence-corrected chi connectivity index (χ1v) is 18.3. The highest BCUT2D eigenvalue weighted by atomic mass is 19.4. The molecular formula is C38H43F3N8O2. The average Bonchev–Trinajstić information content (AvgIpc) is 3.62. The molecule has 4 aliphatic heterocycles. The molecule has 1 aliphatic carbocycles. The van der Waals surface area contributed by atoms with Gasteiger partial charge < -0.3 is 19.4 Å². The first kappa shape index (κ1) is 32.5. The SMILES string of the molecule is C=CC(=O)N1CC2(CCN(c3nc(N4CC[C@@H](N5CCC5)C4)nc4c(OCC(F)(F)F)c(-c5c(C)ccc6[nH]ncc56)c(C5CC5)cc34)CC2)C1. The molecule has 1 N–H and O–H groups in total. The van der Waals surface area contributed by atoms with Gasteiger partial charge in [-0.05, 0) is 99.4 Å². The van der Waals surface area contributed by atoms with Crippen molar-refractivity contribution in [1.29, 1.82) is 0 Å². The van der Waals surface area contributed by atoms with Gasteiger partial charge in [0.1, 0.15) is 11.3 Å². The summed E-state index contributed by atoms with van der Waals surface area (Å²) in [6.45, 7) is 10.8. The molecule has 268 valence electrons. The van der Waals surface area contributed by atoms with E-state index in [0.717, 1.165) is 123 Å². The number of ether oxygens (including phenoxy) is 1. The quantitative estimate of drug-likeness (QED) is 0.218. The van der Waals surface area contributed by atoms with Crippen molar-refractivity contribution in [3.63, 3.8) is 0 Å². The van der Waals surface area contributed by atoms with Gasteiger partial charge in [-0.1, -0.05) is 12.6 Å². The smallest absolute Gasteiger partial charge is 0.422 e. The molecule has 5 fully saturated rings. The molecule has 10 nitrogen and oxygen atoms in total. The van der Waals surface area contributed by atoms with Crippen LogP contribution >= 0.6 is 0 Å². The van der Waals surface area contributed by atoms with Crippen LogP contribution in [0.3, 0.4) is 0 Å². The van der Waals surface area contributed by atoms with Gasteiger partial charge in [-0.2, -0.15) is 23.3 Å². The average molecular weight is 701 g/mol. The number of carbonyl (C=O) groups excluding carboxylic acids is 1. The number of nitrogens with zero attached hydrogens (tertiary/aromatic N) is 7. The maximum atomic E-state index is 14.1. The minimum absolute atomic E-state index is 0.0345.